The van der Waals surface area contributed by atoms with Crippen LogP contribution in [0.5, 0.6) is 5.75 Å². The molecule has 0 atom stereocenters. The van der Waals surface area contributed by atoms with Gasteiger partial charge in [0.25, 0.3) is 0 Å². The molecule has 1 aromatic carbocycles. The third-order valence-corrected chi connectivity index (χ3v) is 1.86. The number of rotatable bonds is 1. The van der Waals surface area contributed by atoms with Crippen LogP contribution in [0.15, 0.2) is 22.7 Å². The minimum Gasteiger partial charge on any atom is -0.496 e. The van der Waals surface area contributed by atoms with E-state index >= 15 is 0 Å². The summed E-state index contributed by atoms with van der Waals surface area (Å²) in [5.74, 6) is 0.254. The summed E-state index contributed by atoms with van der Waals surface area (Å²) in [7, 11) is -2.43. The second-order valence-electron chi connectivity index (χ2n) is 1.68. The monoisotopic (exact) mass is 223 g/mol. The standard InChI is InChI=1S/C7H6BrClO/c1-10-7-3-2-5(9)4-6(7)8/h2-4H,1H3/i1D3. The fourth-order valence-electron chi connectivity index (χ4n) is 0.558. The summed E-state index contributed by atoms with van der Waals surface area (Å²) in [5, 5.41) is 0.518. The number of hydrogen-bond donors (Lipinski definition) is 0. The number of ether oxygens (including phenoxy) is 1. The maximum atomic E-state index is 6.88. The lowest BCUT2D eigenvalue weighted by molar-refractivity contribution is 0.412. The van der Waals surface area contributed by atoms with Crippen LogP contribution in [0.4, 0.5) is 0 Å². The highest BCUT2D eigenvalue weighted by Gasteiger charge is 1.97. The summed E-state index contributed by atoms with van der Waals surface area (Å²) in [6.07, 6.45) is 0. The van der Waals surface area contributed by atoms with Crippen LogP contribution in [0.3, 0.4) is 0 Å². The number of halogens is 2. The number of methoxy groups -OCH3 is 1. The summed E-state index contributed by atoms with van der Waals surface area (Å²) >= 11 is 8.80. The first-order valence-corrected chi connectivity index (χ1v) is 3.70. The first-order chi connectivity index (χ1) is 5.88. The summed E-state index contributed by atoms with van der Waals surface area (Å²) in [5.41, 5.74) is 0. The smallest absolute Gasteiger partial charge is 0.133 e. The van der Waals surface area contributed by atoms with Crippen molar-refractivity contribution in [3.63, 3.8) is 0 Å². The summed E-state index contributed by atoms with van der Waals surface area (Å²) in [6, 6.07) is 4.63. The molecule has 0 aliphatic carbocycles. The molecule has 0 amide bonds. The van der Waals surface area contributed by atoms with Crippen LogP contribution in [0.1, 0.15) is 4.11 Å². The highest BCUT2D eigenvalue weighted by Crippen LogP contribution is 2.27. The summed E-state index contributed by atoms with van der Waals surface area (Å²) in [6.45, 7) is 0. The predicted octanol–water partition coefficient (Wildman–Crippen LogP) is 3.11. The van der Waals surface area contributed by atoms with Crippen LogP contribution in [0, 0.1) is 0 Å². The lowest BCUT2D eigenvalue weighted by Crippen LogP contribution is -1.82. The van der Waals surface area contributed by atoms with Crippen LogP contribution in [-0.4, -0.2) is 7.04 Å². The zero-order valence-corrected chi connectivity index (χ0v) is 7.24. The number of benzene rings is 1. The molecule has 0 aliphatic rings. The Morgan fingerprint density at radius 3 is 3.10 bits per heavy atom. The van der Waals surface area contributed by atoms with E-state index in [0.717, 1.165) is 0 Å². The van der Waals surface area contributed by atoms with Crippen LogP contribution >= 0.6 is 27.5 Å². The van der Waals surface area contributed by atoms with Crippen molar-refractivity contribution in [1.82, 2.24) is 0 Å². The van der Waals surface area contributed by atoms with Gasteiger partial charge in [-0.15, -0.1) is 0 Å². The maximum absolute atomic E-state index is 6.88. The molecule has 0 aliphatic heterocycles. The molecule has 0 bridgehead atoms. The molecule has 0 heterocycles. The van der Waals surface area contributed by atoms with E-state index in [-0.39, 0.29) is 5.75 Å². The van der Waals surface area contributed by atoms with Crippen LogP contribution in [0.2, 0.25) is 5.02 Å². The molecule has 0 unspecified atom stereocenters. The van der Waals surface area contributed by atoms with E-state index in [1.165, 1.54) is 6.07 Å². The van der Waals surface area contributed by atoms with Gasteiger partial charge in [0.05, 0.1) is 15.6 Å². The zero-order valence-electron chi connectivity index (χ0n) is 7.90. The Balaban J connectivity index is 2.90. The summed E-state index contributed by atoms with van der Waals surface area (Å²) in [4.78, 5) is 0. The minimum atomic E-state index is -2.43. The molecule has 54 valence electrons. The Morgan fingerprint density at radius 2 is 2.50 bits per heavy atom. The predicted molar refractivity (Wildman–Crippen MR) is 45.7 cm³/mol. The van der Waals surface area contributed by atoms with E-state index in [1.807, 2.05) is 0 Å². The Labute approximate surface area is 77.3 Å². The largest absolute Gasteiger partial charge is 0.496 e. The van der Waals surface area contributed by atoms with E-state index in [2.05, 4.69) is 20.7 Å². The van der Waals surface area contributed by atoms with Gasteiger partial charge in [-0.2, -0.15) is 0 Å². The third kappa shape index (κ3) is 1.64. The first kappa shape index (κ1) is 4.62. The lowest BCUT2D eigenvalue weighted by atomic mass is 10.3. The van der Waals surface area contributed by atoms with Crippen LogP contribution in [0.25, 0.3) is 0 Å². The van der Waals surface area contributed by atoms with E-state index < -0.39 is 7.04 Å². The average Bonchev–Trinajstić information content (AvgIpc) is 1.93. The lowest BCUT2D eigenvalue weighted by Gasteiger charge is -2.01. The highest BCUT2D eigenvalue weighted by atomic mass is 79.9. The maximum Gasteiger partial charge on any atom is 0.133 e. The van der Waals surface area contributed by atoms with E-state index in [0.29, 0.717) is 9.50 Å². The Bertz CT molecular complexity index is 313. The van der Waals surface area contributed by atoms with Gasteiger partial charge >= 0.3 is 0 Å². The van der Waals surface area contributed by atoms with Gasteiger partial charge in [-0.05, 0) is 34.1 Å². The molecule has 0 saturated heterocycles. The second kappa shape index (κ2) is 3.26. The SMILES string of the molecule is [2H]C([2H])([2H])Oc1ccc(Cl)cc1Br. The molecule has 0 aromatic heterocycles. The minimum absolute atomic E-state index is 0.254. The molecule has 0 spiro atoms. The van der Waals surface area contributed by atoms with Crippen LogP contribution < -0.4 is 4.74 Å². The molecule has 0 saturated carbocycles. The average molecular weight is 224 g/mol. The van der Waals surface area contributed by atoms with Crippen molar-refractivity contribution < 1.29 is 8.85 Å². The van der Waals surface area contributed by atoms with E-state index in [4.69, 9.17) is 15.7 Å². The molecular weight excluding hydrogens is 215 g/mol. The van der Waals surface area contributed by atoms with Crippen LogP contribution in [-0.2, 0) is 0 Å². The molecule has 1 rings (SSSR count). The second-order valence-corrected chi connectivity index (χ2v) is 2.97. The van der Waals surface area contributed by atoms with Gasteiger partial charge in [0.15, 0.2) is 0 Å². The van der Waals surface area contributed by atoms with Crippen molar-refractivity contribution in [3.8, 4) is 5.75 Å². The Hall–Kier alpha value is -0.210. The molecular formula is C7H6BrClO. The molecule has 0 radical (unpaired) electrons. The fraction of sp³-hybridized carbons (Fsp3) is 0.143. The van der Waals surface area contributed by atoms with E-state index in [1.54, 1.807) is 12.1 Å². The van der Waals surface area contributed by atoms with Gasteiger partial charge in [-0.3, -0.25) is 0 Å². The van der Waals surface area contributed by atoms with Crippen molar-refractivity contribution in [3.05, 3.63) is 27.7 Å². The van der Waals surface area contributed by atoms with Gasteiger partial charge < -0.3 is 4.74 Å². The molecule has 0 N–H and O–H groups in total. The molecule has 10 heavy (non-hydrogen) atoms. The van der Waals surface area contributed by atoms with E-state index in [9.17, 15) is 0 Å². The van der Waals surface area contributed by atoms with Crippen molar-refractivity contribution in [1.29, 1.82) is 0 Å². The van der Waals surface area contributed by atoms with Gasteiger partial charge in [0, 0.05) is 5.02 Å². The summed E-state index contributed by atoms with van der Waals surface area (Å²) < 4.78 is 25.8. The molecule has 0 fully saturated rings. The normalized spacial score (nSPS) is 15.2. The Kier molecular flexibility index (Phi) is 1.51. The van der Waals surface area contributed by atoms with Gasteiger partial charge in [0.2, 0.25) is 0 Å². The van der Waals surface area contributed by atoms with Crippen molar-refractivity contribution in [2.45, 2.75) is 0 Å². The van der Waals surface area contributed by atoms with Crippen molar-refractivity contribution >= 4 is 27.5 Å². The number of hydrogen-bond acceptors (Lipinski definition) is 1. The third-order valence-electron chi connectivity index (χ3n) is 1.00. The van der Waals surface area contributed by atoms with Crippen molar-refractivity contribution in [2.24, 2.45) is 0 Å². The molecule has 1 nitrogen and oxygen atoms in total. The molecule has 1 aromatic rings. The molecule has 3 heteroatoms. The van der Waals surface area contributed by atoms with Gasteiger partial charge in [-0.25, -0.2) is 0 Å². The van der Waals surface area contributed by atoms with Crippen molar-refractivity contribution in [2.75, 3.05) is 7.04 Å². The zero-order chi connectivity index (χ0) is 10.1. The fourth-order valence-corrected chi connectivity index (χ4v) is 1.32. The Morgan fingerprint density at radius 1 is 1.70 bits per heavy atom. The van der Waals surface area contributed by atoms with Gasteiger partial charge in [0.1, 0.15) is 5.75 Å². The highest BCUT2D eigenvalue weighted by molar-refractivity contribution is 9.10. The van der Waals surface area contributed by atoms with Gasteiger partial charge in [-0.1, -0.05) is 11.6 Å². The topological polar surface area (TPSA) is 9.23 Å². The quantitative estimate of drug-likeness (QED) is 0.712. The first-order valence-electron chi connectivity index (χ1n) is 4.02.